The molecule has 0 heterocycles. The Labute approximate surface area is 305 Å². The summed E-state index contributed by atoms with van der Waals surface area (Å²) >= 11 is 0. The van der Waals surface area contributed by atoms with E-state index in [0.717, 1.165) is 44.9 Å². The fourth-order valence-corrected chi connectivity index (χ4v) is 6.63. The van der Waals surface area contributed by atoms with Gasteiger partial charge in [0, 0.05) is 6.42 Å². The number of amides is 1. The number of aliphatic hydroxyl groups is 3. The van der Waals surface area contributed by atoms with Gasteiger partial charge in [-0.1, -0.05) is 179 Å². The van der Waals surface area contributed by atoms with E-state index in [-0.39, 0.29) is 12.5 Å². The normalized spacial score (nSPS) is 13.8. The van der Waals surface area contributed by atoms with Crippen LogP contribution < -0.4 is 5.32 Å². The molecule has 0 aliphatic rings. The molecule has 1 amide bonds. The van der Waals surface area contributed by atoms with Crippen LogP contribution in [-0.4, -0.2) is 46.1 Å². The maximum absolute atomic E-state index is 12.4. The lowest BCUT2D eigenvalue weighted by atomic mass is 10.0. The molecule has 5 heteroatoms. The molecular weight excluding hydrogens is 606 g/mol. The number of nitrogens with one attached hydrogen (secondary N) is 1. The van der Waals surface area contributed by atoms with E-state index >= 15 is 0 Å². The summed E-state index contributed by atoms with van der Waals surface area (Å²) in [4.78, 5) is 12.4. The van der Waals surface area contributed by atoms with Crippen LogP contribution in [0.3, 0.4) is 0 Å². The second-order valence-corrected chi connectivity index (χ2v) is 14.9. The monoisotopic (exact) mass is 692 g/mol. The third-order valence-electron chi connectivity index (χ3n) is 10.0. The van der Waals surface area contributed by atoms with Crippen LogP contribution in [0.25, 0.3) is 0 Å². The SMILES string of the molecule is CCCCC/C=C\CCCCCCCC(=O)NC(CO)C(O)C(O)CCC/C=C/CCCCCCCCCCCCCCCCCCCC. The first kappa shape index (κ1) is 47.8. The van der Waals surface area contributed by atoms with Gasteiger partial charge in [-0.2, -0.15) is 0 Å². The summed E-state index contributed by atoms with van der Waals surface area (Å²) in [6.45, 7) is 4.14. The number of unbranched alkanes of at least 4 members (excludes halogenated alkanes) is 27. The van der Waals surface area contributed by atoms with E-state index in [9.17, 15) is 20.1 Å². The quantitative estimate of drug-likeness (QED) is 0.0381. The molecule has 49 heavy (non-hydrogen) atoms. The minimum Gasteiger partial charge on any atom is -0.394 e. The lowest BCUT2D eigenvalue weighted by Crippen LogP contribution is -2.50. The molecule has 0 fully saturated rings. The number of hydrogen-bond donors (Lipinski definition) is 4. The number of carbonyl (C=O) groups is 1. The van der Waals surface area contributed by atoms with Crippen LogP contribution in [0.1, 0.15) is 226 Å². The Hall–Kier alpha value is -1.17. The van der Waals surface area contributed by atoms with Crippen molar-refractivity contribution in [2.75, 3.05) is 6.61 Å². The van der Waals surface area contributed by atoms with Gasteiger partial charge in [0.05, 0.1) is 18.8 Å². The van der Waals surface area contributed by atoms with Crippen LogP contribution in [0.2, 0.25) is 0 Å². The van der Waals surface area contributed by atoms with Crippen molar-refractivity contribution in [3.05, 3.63) is 24.3 Å². The average Bonchev–Trinajstić information content (AvgIpc) is 3.10. The number of aliphatic hydroxyl groups excluding tert-OH is 3. The minimum absolute atomic E-state index is 0.164. The van der Waals surface area contributed by atoms with Crippen molar-refractivity contribution in [1.29, 1.82) is 0 Å². The third-order valence-corrected chi connectivity index (χ3v) is 10.0. The molecule has 0 aromatic carbocycles. The van der Waals surface area contributed by atoms with Gasteiger partial charge in [-0.3, -0.25) is 4.79 Å². The van der Waals surface area contributed by atoms with Crippen LogP contribution in [-0.2, 0) is 4.79 Å². The van der Waals surface area contributed by atoms with Crippen molar-refractivity contribution in [2.24, 2.45) is 0 Å². The van der Waals surface area contributed by atoms with Gasteiger partial charge in [-0.15, -0.1) is 0 Å². The smallest absolute Gasteiger partial charge is 0.220 e. The second-order valence-electron chi connectivity index (χ2n) is 14.9. The molecule has 0 saturated heterocycles. The maximum atomic E-state index is 12.4. The van der Waals surface area contributed by atoms with Gasteiger partial charge in [0.15, 0.2) is 0 Å². The van der Waals surface area contributed by atoms with E-state index in [1.165, 1.54) is 154 Å². The van der Waals surface area contributed by atoms with Gasteiger partial charge in [-0.05, 0) is 64.2 Å². The first-order valence-corrected chi connectivity index (χ1v) is 21.6. The van der Waals surface area contributed by atoms with Crippen molar-refractivity contribution in [3.63, 3.8) is 0 Å². The van der Waals surface area contributed by atoms with Crippen molar-refractivity contribution >= 4 is 5.91 Å². The predicted octanol–water partition coefficient (Wildman–Crippen LogP) is 12.2. The van der Waals surface area contributed by atoms with Gasteiger partial charge in [0.1, 0.15) is 6.10 Å². The van der Waals surface area contributed by atoms with E-state index in [0.29, 0.717) is 12.8 Å². The highest BCUT2D eigenvalue weighted by molar-refractivity contribution is 5.76. The molecule has 0 aliphatic heterocycles. The van der Waals surface area contributed by atoms with Crippen LogP contribution in [0, 0.1) is 0 Å². The zero-order valence-electron chi connectivity index (χ0n) is 32.8. The lowest BCUT2D eigenvalue weighted by molar-refractivity contribution is -0.124. The summed E-state index contributed by atoms with van der Waals surface area (Å²) < 4.78 is 0. The van der Waals surface area contributed by atoms with Crippen LogP contribution in [0.5, 0.6) is 0 Å². The Bertz CT molecular complexity index is 724. The summed E-state index contributed by atoms with van der Waals surface area (Å²) in [6.07, 6.45) is 47.2. The summed E-state index contributed by atoms with van der Waals surface area (Å²) in [6, 6.07) is -0.827. The Morgan fingerprint density at radius 1 is 0.490 bits per heavy atom. The highest BCUT2D eigenvalue weighted by Gasteiger charge is 2.26. The van der Waals surface area contributed by atoms with Crippen molar-refractivity contribution < 1.29 is 20.1 Å². The zero-order valence-corrected chi connectivity index (χ0v) is 32.8. The third kappa shape index (κ3) is 35.0. The van der Waals surface area contributed by atoms with Crippen LogP contribution in [0.4, 0.5) is 0 Å². The van der Waals surface area contributed by atoms with Gasteiger partial charge < -0.3 is 20.6 Å². The Kier molecular flexibility index (Phi) is 38.7. The van der Waals surface area contributed by atoms with Gasteiger partial charge in [0.25, 0.3) is 0 Å². The van der Waals surface area contributed by atoms with Crippen LogP contribution >= 0.6 is 0 Å². The number of allylic oxidation sites excluding steroid dienone is 4. The lowest BCUT2D eigenvalue weighted by Gasteiger charge is -2.26. The summed E-state index contributed by atoms with van der Waals surface area (Å²) in [7, 11) is 0. The van der Waals surface area contributed by atoms with E-state index in [1.54, 1.807) is 0 Å². The number of carbonyl (C=O) groups excluding carboxylic acids is 1. The van der Waals surface area contributed by atoms with Crippen LogP contribution in [0.15, 0.2) is 24.3 Å². The molecule has 3 atom stereocenters. The summed E-state index contributed by atoms with van der Waals surface area (Å²) in [5, 5.41) is 33.4. The van der Waals surface area contributed by atoms with Gasteiger partial charge >= 0.3 is 0 Å². The molecule has 0 aromatic heterocycles. The Balaban J connectivity index is 3.63. The van der Waals surface area contributed by atoms with Gasteiger partial charge in [-0.25, -0.2) is 0 Å². The fraction of sp³-hybridized carbons (Fsp3) is 0.886. The molecule has 0 spiro atoms. The topological polar surface area (TPSA) is 89.8 Å². The molecule has 0 aromatic rings. The van der Waals surface area contributed by atoms with Crippen molar-refractivity contribution in [3.8, 4) is 0 Å². The molecule has 0 rings (SSSR count). The molecule has 5 nitrogen and oxygen atoms in total. The highest BCUT2D eigenvalue weighted by Crippen LogP contribution is 2.16. The largest absolute Gasteiger partial charge is 0.394 e. The highest BCUT2D eigenvalue weighted by atomic mass is 16.3. The first-order valence-electron chi connectivity index (χ1n) is 21.6. The molecule has 0 bridgehead atoms. The molecule has 3 unspecified atom stereocenters. The van der Waals surface area contributed by atoms with Gasteiger partial charge in [0.2, 0.25) is 5.91 Å². The zero-order chi connectivity index (χ0) is 35.9. The van der Waals surface area contributed by atoms with E-state index in [2.05, 4.69) is 43.5 Å². The predicted molar refractivity (Wildman–Crippen MR) is 213 cm³/mol. The molecule has 0 saturated carbocycles. The summed E-state index contributed by atoms with van der Waals surface area (Å²) in [5.41, 5.74) is 0. The number of hydrogen-bond acceptors (Lipinski definition) is 4. The fourth-order valence-electron chi connectivity index (χ4n) is 6.63. The average molecular weight is 692 g/mol. The van der Waals surface area contributed by atoms with E-state index in [1.807, 2.05) is 0 Å². The van der Waals surface area contributed by atoms with Crippen molar-refractivity contribution in [1.82, 2.24) is 5.32 Å². The molecular formula is C44H85NO4. The standard InChI is InChI=1S/C44H85NO4/c1-3-5-7-9-11-13-15-17-18-19-20-21-22-23-24-25-26-27-28-30-32-34-36-38-42(47)44(49)41(40-46)45-43(48)39-37-35-33-31-29-16-14-12-10-8-6-4-2/h12,14,30,32,41-42,44,46-47,49H,3-11,13,15-29,31,33-40H2,1-2H3,(H,45,48)/b14-12-,32-30+. The molecule has 0 aliphatic carbocycles. The second kappa shape index (κ2) is 39.6. The summed E-state index contributed by atoms with van der Waals surface area (Å²) in [5.74, 6) is -0.164. The van der Waals surface area contributed by atoms with Crippen molar-refractivity contribution in [2.45, 2.75) is 244 Å². The van der Waals surface area contributed by atoms with E-state index in [4.69, 9.17) is 0 Å². The number of rotatable bonds is 39. The molecule has 290 valence electrons. The Morgan fingerprint density at radius 2 is 0.816 bits per heavy atom. The minimum atomic E-state index is -1.16. The molecule has 4 N–H and O–H groups in total. The molecule has 0 radical (unpaired) electrons. The Morgan fingerprint density at radius 3 is 1.22 bits per heavy atom. The maximum Gasteiger partial charge on any atom is 0.220 e. The first-order chi connectivity index (χ1) is 24.1. The van der Waals surface area contributed by atoms with E-state index < -0.39 is 18.2 Å².